The van der Waals surface area contributed by atoms with Gasteiger partial charge in [0.15, 0.2) is 6.29 Å². The number of rotatable bonds is 4. The predicted molar refractivity (Wildman–Crippen MR) is 65.7 cm³/mol. The van der Waals surface area contributed by atoms with Crippen molar-refractivity contribution >= 4 is 23.5 Å². The van der Waals surface area contributed by atoms with Gasteiger partial charge in [-0.25, -0.2) is 0 Å². The minimum Gasteiger partial charge on any atom is -0.495 e. The Morgan fingerprint density at radius 3 is 2.56 bits per heavy atom. The smallest absolute Gasteiger partial charge is 0.152 e. The number of hydrogen-bond donors (Lipinski definition) is 0. The van der Waals surface area contributed by atoms with Crippen LogP contribution in [-0.2, 0) is 4.79 Å². The van der Waals surface area contributed by atoms with Crippen LogP contribution in [0.3, 0.4) is 0 Å². The van der Waals surface area contributed by atoms with E-state index in [2.05, 4.69) is 0 Å². The predicted octanol–water partition coefficient (Wildman–Crippen LogP) is 2.45. The number of methoxy groups -OCH3 is 1. The molecular weight excluding hydrogens is 226 g/mol. The minimum absolute atomic E-state index is 0.492. The first-order valence-corrected chi connectivity index (χ1v) is 5.13. The van der Waals surface area contributed by atoms with E-state index < -0.39 is 0 Å². The third kappa shape index (κ3) is 3.00. The molecule has 0 aromatic heterocycles. The van der Waals surface area contributed by atoms with Crippen LogP contribution in [0.1, 0.15) is 5.56 Å². The normalized spacial score (nSPS) is 11.1. The lowest BCUT2D eigenvalue weighted by molar-refractivity contribution is -0.103. The van der Waals surface area contributed by atoms with E-state index in [1.807, 2.05) is 19.0 Å². The summed E-state index contributed by atoms with van der Waals surface area (Å²) in [5.74, 6) is 0.598. The Labute approximate surface area is 100 Å². The highest BCUT2D eigenvalue weighted by atomic mass is 35.5. The largest absolute Gasteiger partial charge is 0.495 e. The SMILES string of the molecule is COc1ccc(/C(C=O)=C/N(C)C)cc1Cl. The number of carbonyl (C=O) groups excluding carboxylic acids is 1. The zero-order chi connectivity index (χ0) is 12.1. The first kappa shape index (κ1) is 12.6. The minimum atomic E-state index is 0.492. The summed E-state index contributed by atoms with van der Waals surface area (Å²) in [5, 5.41) is 0.492. The molecule has 0 saturated carbocycles. The Morgan fingerprint density at radius 1 is 1.44 bits per heavy atom. The Kier molecular flexibility index (Phi) is 4.38. The maximum atomic E-state index is 10.9. The lowest BCUT2D eigenvalue weighted by Gasteiger charge is -2.09. The highest BCUT2D eigenvalue weighted by Gasteiger charge is 2.05. The van der Waals surface area contributed by atoms with E-state index in [0.717, 1.165) is 11.8 Å². The lowest BCUT2D eigenvalue weighted by Crippen LogP contribution is -2.03. The summed E-state index contributed by atoms with van der Waals surface area (Å²) >= 11 is 5.99. The Morgan fingerprint density at radius 2 is 2.12 bits per heavy atom. The van der Waals surface area contributed by atoms with Gasteiger partial charge in [-0.1, -0.05) is 17.7 Å². The fourth-order valence-corrected chi connectivity index (χ4v) is 1.55. The number of allylic oxidation sites excluding steroid dienone is 1. The molecule has 0 heterocycles. The van der Waals surface area contributed by atoms with E-state index >= 15 is 0 Å². The third-order valence-corrected chi connectivity index (χ3v) is 2.30. The van der Waals surface area contributed by atoms with Gasteiger partial charge in [0, 0.05) is 25.9 Å². The average molecular weight is 240 g/mol. The highest BCUT2D eigenvalue weighted by molar-refractivity contribution is 6.32. The molecule has 86 valence electrons. The van der Waals surface area contributed by atoms with Crippen LogP contribution in [0.4, 0.5) is 0 Å². The molecule has 0 unspecified atom stereocenters. The molecular formula is C12H14ClNO2. The van der Waals surface area contributed by atoms with Gasteiger partial charge in [0.1, 0.15) is 5.75 Å². The van der Waals surface area contributed by atoms with E-state index in [0.29, 0.717) is 16.3 Å². The number of ether oxygens (including phenoxy) is 1. The molecule has 3 nitrogen and oxygen atoms in total. The summed E-state index contributed by atoms with van der Waals surface area (Å²) in [5.41, 5.74) is 1.35. The molecule has 0 radical (unpaired) electrons. The second-order valence-corrected chi connectivity index (χ2v) is 3.92. The molecule has 4 heteroatoms. The fourth-order valence-electron chi connectivity index (χ4n) is 1.30. The molecule has 0 aliphatic carbocycles. The zero-order valence-electron chi connectivity index (χ0n) is 9.53. The molecule has 0 spiro atoms. The molecule has 16 heavy (non-hydrogen) atoms. The number of hydrogen-bond acceptors (Lipinski definition) is 3. The van der Waals surface area contributed by atoms with Crippen molar-refractivity contribution in [3.05, 3.63) is 35.0 Å². The van der Waals surface area contributed by atoms with Gasteiger partial charge in [-0.3, -0.25) is 4.79 Å². The van der Waals surface area contributed by atoms with Gasteiger partial charge in [-0.05, 0) is 17.7 Å². The lowest BCUT2D eigenvalue weighted by atomic mass is 10.1. The van der Waals surface area contributed by atoms with E-state index in [1.165, 1.54) is 0 Å². The Hall–Kier alpha value is -1.48. The summed E-state index contributed by atoms with van der Waals surface area (Å²) in [6.07, 6.45) is 2.54. The molecule has 1 aromatic carbocycles. The molecule has 0 aliphatic heterocycles. The van der Waals surface area contributed by atoms with Gasteiger partial charge in [-0.2, -0.15) is 0 Å². The van der Waals surface area contributed by atoms with Gasteiger partial charge in [0.2, 0.25) is 0 Å². The van der Waals surface area contributed by atoms with Crippen LogP contribution in [0, 0.1) is 0 Å². The number of benzene rings is 1. The molecule has 0 fully saturated rings. The third-order valence-electron chi connectivity index (χ3n) is 2.01. The molecule has 1 rings (SSSR count). The summed E-state index contributed by atoms with van der Waals surface area (Å²) in [6.45, 7) is 0. The van der Waals surface area contributed by atoms with Crippen LogP contribution in [0.2, 0.25) is 5.02 Å². The number of aldehydes is 1. The van der Waals surface area contributed by atoms with Crippen molar-refractivity contribution in [1.82, 2.24) is 4.90 Å². The van der Waals surface area contributed by atoms with Gasteiger partial charge in [-0.15, -0.1) is 0 Å². The molecule has 0 aliphatic rings. The first-order chi connectivity index (χ1) is 7.58. The summed E-state index contributed by atoms with van der Waals surface area (Å²) < 4.78 is 5.04. The van der Waals surface area contributed by atoms with Crippen LogP contribution in [0.15, 0.2) is 24.4 Å². The monoisotopic (exact) mass is 239 g/mol. The van der Waals surface area contributed by atoms with E-state index in [4.69, 9.17) is 16.3 Å². The van der Waals surface area contributed by atoms with Crippen molar-refractivity contribution in [2.45, 2.75) is 0 Å². The summed E-state index contributed by atoms with van der Waals surface area (Å²) in [7, 11) is 5.26. The van der Waals surface area contributed by atoms with E-state index in [9.17, 15) is 4.79 Å². The molecule has 0 saturated heterocycles. The second kappa shape index (κ2) is 5.56. The zero-order valence-corrected chi connectivity index (χ0v) is 10.3. The van der Waals surface area contributed by atoms with Gasteiger partial charge < -0.3 is 9.64 Å². The van der Waals surface area contributed by atoms with Crippen LogP contribution in [-0.4, -0.2) is 32.4 Å². The van der Waals surface area contributed by atoms with Crippen molar-refractivity contribution in [2.75, 3.05) is 21.2 Å². The number of halogens is 1. The summed E-state index contributed by atoms with van der Waals surface area (Å²) in [6, 6.07) is 5.25. The molecule has 0 atom stereocenters. The van der Waals surface area contributed by atoms with Crippen LogP contribution >= 0.6 is 11.6 Å². The standard InChI is InChI=1S/C12H14ClNO2/c1-14(2)7-10(8-15)9-4-5-12(16-3)11(13)6-9/h4-8H,1-3H3/b10-7+. The fraction of sp³-hybridized carbons (Fsp3) is 0.250. The number of nitrogens with zero attached hydrogens (tertiary/aromatic N) is 1. The van der Waals surface area contributed by atoms with Gasteiger partial charge >= 0.3 is 0 Å². The van der Waals surface area contributed by atoms with Crippen molar-refractivity contribution in [1.29, 1.82) is 0 Å². The second-order valence-electron chi connectivity index (χ2n) is 3.52. The topological polar surface area (TPSA) is 29.5 Å². The van der Waals surface area contributed by atoms with Crippen molar-refractivity contribution in [3.8, 4) is 5.75 Å². The van der Waals surface area contributed by atoms with Gasteiger partial charge in [0.05, 0.1) is 12.1 Å². The van der Waals surface area contributed by atoms with Crippen LogP contribution in [0.25, 0.3) is 5.57 Å². The quantitative estimate of drug-likeness (QED) is 0.597. The first-order valence-electron chi connectivity index (χ1n) is 4.76. The van der Waals surface area contributed by atoms with Gasteiger partial charge in [0.25, 0.3) is 0 Å². The van der Waals surface area contributed by atoms with Crippen molar-refractivity contribution in [2.24, 2.45) is 0 Å². The van der Waals surface area contributed by atoms with Crippen molar-refractivity contribution < 1.29 is 9.53 Å². The van der Waals surface area contributed by atoms with E-state index in [-0.39, 0.29) is 0 Å². The van der Waals surface area contributed by atoms with E-state index in [1.54, 1.807) is 31.5 Å². The average Bonchev–Trinajstić information content (AvgIpc) is 2.25. The molecule has 0 N–H and O–H groups in total. The van der Waals surface area contributed by atoms with Crippen LogP contribution in [0.5, 0.6) is 5.75 Å². The molecule has 0 bridgehead atoms. The summed E-state index contributed by atoms with van der Waals surface area (Å²) in [4.78, 5) is 12.7. The van der Waals surface area contributed by atoms with Crippen molar-refractivity contribution in [3.63, 3.8) is 0 Å². The Bertz CT molecular complexity index is 413. The molecule has 0 amide bonds. The maximum Gasteiger partial charge on any atom is 0.152 e. The highest BCUT2D eigenvalue weighted by Crippen LogP contribution is 2.27. The Balaban J connectivity index is 3.13. The van der Waals surface area contributed by atoms with Crippen LogP contribution < -0.4 is 4.74 Å². The maximum absolute atomic E-state index is 10.9. The molecule has 1 aromatic rings. The number of carbonyl (C=O) groups is 1.